The summed E-state index contributed by atoms with van der Waals surface area (Å²) in [6.07, 6.45) is 0.581. The molecular formula is C14H19N5O4S. The first-order valence-corrected chi connectivity index (χ1v) is 8.32. The number of carbonyl (C=O) groups excluding carboxylic acids is 1. The zero-order valence-corrected chi connectivity index (χ0v) is 13.9. The lowest BCUT2D eigenvalue weighted by Gasteiger charge is -2.21. The van der Waals surface area contributed by atoms with Gasteiger partial charge < -0.3 is 19.9 Å². The number of anilines is 1. The zero-order chi connectivity index (χ0) is 16.9. The molecule has 0 unspecified atom stereocenters. The third-order valence-corrected chi connectivity index (χ3v) is 4.38. The van der Waals surface area contributed by atoms with Crippen molar-refractivity contribution in [2.24, 2.45) is 0 Å². The Labute approximate surface area is 142 Å². The predicted octanol–water partition coefficient (Wildman–Crippen LogP) is 0.436. The summed E-state index contributed by atoms with van der Waals surface area (Å²) in [4.78, 5) is 12.1. The van der Waals surface area contributed by atoms with Gasteiger partial charge in [0.1, 0.15) is 17.9 Å². The van der Waals surface area contributed by atoms with Gasteiger partial charge in [0.15, 0.2) is 0 Å². The molecule has 0 radical (unpaired) electrons. The van der Waals surface area contributed by atoms with E-state index in [1.165, 1.54) is 11.3 Å². The normalized spacial score (nSPS) is 23.3. The second-order valence-electron chi connectivity index (χ2n) is 5.41. The zero-order valence-electron chi connectivity index (χ0n) is 13.1. The molecule has 0 aliphatic carbocycles. The lowest BCUT2D eigenvalue weighted by Crippen LogP contribution is -2.49. The van der Waals surface area contributed by atoms with Crippen LogP contribution >= 0.6 is 11.3 Å². The van der Waals surface area contributed by atoms with E-state index in [0.717, 1.165) is 5.00 Å². The van der Waals surface area contributed by atoms with Crippen molar-refractivity contribution in [2.45, 2.75) is 31.4 Å². The van der Waals surface area contributed by atoms with Gasteiger partial charge in [-0.3, -0.25) is 5.32 Å². The van der Waals surface area contributed by atoms with E-state index >= 15 is 0 Å². The van der Waals surface area contributed by atoms with Crippen LogP contribution in [0.4, 0.5) is 9.80 Å². The van der Waals surface area contributed by atoms with E-state index in [2.05, 4.69) is 20.9 Å². The van der Waals surface area contributed by atoms with Crippen LogP contribution in [-0.4, -0.2) is 58.1 Å². The Kier molecular flexibility index (Phi) is 5.41. The minimum Gasteiger partial charge on any atom is -0.388 e. The molecule has 0 bridgehead atoms. The predicted molar refractivity (Wildman–Crippen MR) is 86.7 cm³/mol. The molecule has 1 saturated heterocycles. The molecule has 0 aromatic carbocycles. The fraction of sp³-hybridized carbons (Fsp3) is 0.500. The number of aliphatic hydroxyl groups is 1. The summed E-state index contributed by atoms with van der Waals surface area (Å²) in [6.45, 7) is 0.908. The number of rotatable bonds is 6. The van der Waals surface area contributed by atoms with Gasteiger partial charge in [-0.2, -0.15) is 0 Å². The smallest absolute Gasteiger partial charge is 0.320 e. The van der Waals surface area contributed by atoms with Crippen LogP contribution in [0.5, 0.6) is 0 Å². The number of carbonyl (C=O) groups is 1. The minimum absolute atomic E-state index is 0.161. The van der Waals surface area contributed by atoms with Crippen LogP contribution in [0, 0.1) is 0 Å². The van der Waals surface area contributed by atoms with E-state index in [0.29, 0.717) is 18.8 Å². The van der Waals surface area contributed by atoms with Crippen molar-refractivity contribution in [3.63, 3.8) is 0 Å². The van der Waals surface area contributed by atoms with Crippen molar-refractivity contribution in [2.75, 3.05) is 19.0 Å². The monoisotopic (exact) mass is 353 g/mol. The molecule has 3 rings (SSSR count). The maximum atomic E-state index is 12.1. The van der Waals surface area contributed by atoms with Crippen molar-refractivity contribution in [3.05, 3.63) is 29.4 Å². The number of hydrogen-bond acceptors (Lipinski definition) is 7. The molecule has 1 fully saturated rings. The molecule has 2 aromatic heterocycles. The van der Waals surface area contributed by atoms with Gasteiger partial charge in [-0.1, -0.05) is 5.21 Å². The summed E-state index contributed by atoms with van der Waals surface area (Å²) >= 11 is 1.42. The van der Waals surface area contributed by atoms with Gasteiger partial charge in [0.05, 0.1) is 37.0 Å². The molecule has 10 heteroatoms. The molecule has 3 heterocycles. The van der Waals surface area contributed by atoms with Crippen molar-refractivity contribution in [3.8, 4) is 0 Å². The van der Waals surface area contributed by atoms with Gasteiger partial charge >= 0.3 is 6.03 Å². The number of urea groups is 1. The van der Waals surface area contributed by atoms with Crippen molar-refractivity contribution in [1.82, 2.24) is 20.3 Å². The summed E-state index contributed by atoms with van der Waals surface area (Å²) in [7, 11) is 1.58. The number of thiophene rings is 1. The lowest BCUT2D eigenvalue weighted by atomic mass is 10.1. The molecule has 1 aliphatic rings. The molecule has 3 atom stereocenters. The van der Waals surface area contributed by atoms with Crippen molar-refractivity contribution in [1.29, 1.82) is 0 Å². The molecule has 24 heavy (non-hydrogen) atoms. The Hall–Kier alpha value is -2.01. The third kappa shape index (κ3) is 4.09. The number of ether oxygens (including phenoxy) is 2. The average Bonchev–Trinajstić information content (AvgIpc) is 3.27. The summed E-state index contributed by atoms with van der Waals surface area (Å²) in [6, 6.07) is 2.74. The lowest BCUT2D eigenvalue weighted by molar-refractivity contribution is 0.0748. The van der Waals surface area contributed by atoms with E-state index < -0.39 is 18.2 Å². The Morgan fingerprint density at radius 2 is 2.50 bits per heavy atom. The second-order valence-corrected chi connectivity index (χ2v) is 6.35. The maximum Gasteiger partial charge on any atom is 0.320 e. The fourth-order valence-corrected chi connectivity index (χ4v) is 3.12. The summed E-state index contributed by atoms with van der Waals surface area (Å²) in [5, 5.41) is 26.1. The van der Waals surface area contributed by atoms with Crippen LogP contribution < -0.4 is 10.6 Å². The van der Waals surface area contributed by atoms with Gasteiger partial charge in [-0.25, -0.2) is 9.48 Å². The molecule has 0 spiro atoms. The molecule has 9 nitrogen and oxygen atoms in total. The average molecular weight is 353 g/mol. The molecule has 1 aliphatic heterocycles. The van der Waals surface area contributed by atoms with Crippen LogP contribution in [0.2, 0.25) is 0 Å². The number of amides is 2. The summed E-state index contributed by atoms with van der Waals surface area (Å²) < 4.78 is 12.2. The van der Waals surface area contributed by atoms with Gasteiger partial charge in [-0.15, -0.1) is 16.4 Å². The number of aliphatic hydroxyl groups excluding tert-OH is 1. The highest BCUT2D eigenvalue weighted by Gasteiger charge is 2.37. The maximum absolute atomic E-state index is 12.1. The van der Waals surface area contributed by atoms with E-state index in [-0.39, 0.29) is 12.6 Å². The van der Waals surface area contributed by atoms with Crippen LogP contribution in [0.3, 0.4) is 0 Å². The Morgan fingerprint density at radius 1 is 1.62 bits per heavy atom. The first-order chi connectivity index (χ1) is 11.7. The van der Waals surface area contributed by atoms with Crippen molar-refractivity contribution < 1.29 is 19.4 Å². The number of hydrogen-bond donors (Lipinski definition) is 3. The van der Waals surface area contributed by atoms with Crippen LogP contribution in [-0.2, 0) is 22.6 Å². The topological polar surface area (TPSA) is 111 Å². The quantitative estimate of drug-likeness (QED) is 0.695. The van der Waals surface area contributed by atoms with Crippen LogP contribution in [0.25, 0.3) is 0 Å². The number of aromatic nitrogens is 3. The first-order valence-electron chi connectivity index (χ1n) is 7.44. The third-order valence-electron chi connectivity index (χ3n) is 3.60. The van der Waals surface area contributed by atoms with Gasteiger partial charge in [0.2, 0.25) is 0 Å². The SMILES string of the molecule is COCc1cn(C[C@H]2OC[C@H](O)[C@H]2NC(=O)Nc2cccs2)nn1. The fourth-order valence-electron chi connectivity index (χ4n) is 2.51. The highest BCUT2D eigenvalue weighted by molar-refractivity contribution is 7.14. The number of methoxy groups -OCH3 is 1. The minimum atomic E-state index is -0.772. The summed E-state index contributed by atoms with van der Waals surface area (Å²) in [5.74, 6) is 0. The second kappa shape index (κ2) is 7.71. The van der Waals surface area contributed by atoms with Crippen LogP contribution in [0.15, 0.2) is 23.7 Å². The van der Waals surface area contributed by atoms with Crippen LogP contribution in [0.1, 0.15) is 5.69 Å². The largest absolute Gasteiger partial charge is 0.388 e. The molecular weight excluding hydrogens is 334 g/mol. The first kappa shape index (κ1) is 16.8. The molecule has 3 N–H and O–H groups in total. The molecule has 130 valence electrons. The Morgan fingerprint density at radius 3 is 3.25 bits per heavy atom. The molecule has 2 amide bonds. The van der Waals surface area contributed by atoms with Gasteiger partial charge in [-0.05, 0) is 17.5 Å². The van der Waals surface area contributed by atoms with E-state index in [1.54, 1.807) is 24.1 Å². The highest BCUT2D eigenvalue weighted by Crippen LogP contribution is 2.18. The van der Waals surface area contributed by atoms with E-state index in [4.69, 9.17) is 9.47 Å². The summed E-state index contributed by atoms with van der Waals surface area (Å²) in [5.41, 5.74) is 0.705. The van der Waals surface area contributed by atoms with E-state index in [1.807, 2.05) is 11.4 Å². The van der Waals surface area contributed by atoms with E-state index in [9.17, 15) is 9.90 Å². The Bertz CT molecular complexity index is 662. The highest BCUT2D eigenvalue weighted by atomic mass is 32.1. The Balaban J connectivity index is 1.58. The van der Waals surface area contributed by atoms with Gasteiger partial charge in [0, 0.05) is 7.11 Å². The standard InChI is InChI=1S/C14H19N5O4S/c1-22-7-9-5-19(18-17-9)6-11-13(10(20)8-23-11)16-14(21)15-12-3-2-4-24-12/h2-5,10-11,13,20H,6-8H2,1H3,(H2,15,16,21)/t10-,11+,13+/m0/s1. The number of nitrogens with one attached hydrogen (secondary N) is 2. The number of nitrogens with zero attached hydrogens (tertiary/aromatic N) is 3. The molecule has 2 aromatic rings. The van der Waals surface area contributed by atoms with Crippen molar-refractivity contribution >= 4 is 22.4 Å². The van der Waals surface area contributed by atoms with Gasteiger partial charge in [0.25, 0.3) is 0 Å². The molecule has 0 saturated carbocycles.